The average Bonchev–Trinajstić information content (AvgIpc) is 2.17. The summed E-state index contributed by atoms with van der Waals surface area (Å²) in [6.07, 6.45) is 6.91. The van der Waals surface area contributed by atoms with Gasteiger partial charge in [0.25, 0.3) is 0 Å². The van der Waals surface area contributed by atoms with Crippen LogP contribution in [0.4, 0.5) is 0 Å². The normalized spacial score (nSPS) is 14.9. The topological polar surface area (TPSA) is 55.8 Å². The molecule has 0 saturated heterocycles. The van der Waals surface area contributed by atoms with Crippen molar-refractivity contribution < 1.29 is 9.90 Å². The Morgan fingerprint density at radius 1 is 1.27 bits per heavy atom. The minimum Gasteiger partial charge on any atom is -0.376 e. The molecular weight excluding hydrogens is 194 g/mol. The van der Waals surface area contributed by atoms with Gasteiger partial charge >= 0.3 is 0 Å². The van der Waals surface area contributed by atoms with Crippen molar-refractivity contribution in [3.63, 3.8) is 0 Å². The fourth-order valence-corrected chi connectivity index (χ4v) is 1.18. The fourth-order valence-electron chi connectivity index (χ4n) is 1.18. The number of aliphatic hydroxyl groups excluding tert-OH is 1. The molecule has 0 aromatic rings. The molecule has 0 radical (unpaired) electrons. The maximum atomic E-state index is 11.4. The van der Waals surface area contributed by atoms with Crippen LogP contribution < -0.4 is 5.32 Å². The summed E-state index contributed by atoms with van der Waals surface area (Å²) in [6.45, 7) is 4.09. The van der Waals surface area contributed by atoms with Gasteiger partial charge in [-0.15, -0.1) is 0 Å². The third-order valence-electron chi connectivity index (χ3n) is 1.84. The molecule has 5 nitrogen and oxygen atoms in total. The number of aliphatic hydroxyl groups is 1. The summed E-state index contributed by atoms with van der Waals surface area (Å²) in [5.41, 5.74) is 0. The van der Waals surface area contributed by atoms with Crippen molar-refractivity contribution in [3.05, 3.63) is 24.8 Å². The van der Waals surface area contributed by atoms with E-state index < -0.39 is 0 Å². The summed E-state index contributed by atoms with van der Waals surface area (Å²) in [4.78, 5) is 14.8. The van der Waals surface area contributed by atoms with Crippen LogP contribution in [0.15, 0.2) is 24.8 Å². The van der Waals surface area contributed by atoms with Crippen LogP contribution in [-0.4, -0.2) is 40.1 Å². The Hall–Kier alpha value is -1.49. The number of rotatable bonds is 4. The monoisotopic (exact) mass is 211 g/mol. The highest BCUT2D eigenvalue weighted by atomic mass is 16.3. The van der Waals surface area contributed by atoms with E-state index in [2.05, 4.69) is 5.32 Å². The second-order valence-electron chi connectivity index (χ2n) is 3.65. The maximum absolute atomic E-state index is 11.4. The van der Waals surface area contributed by atoms with Crippen LogP contribution in [0, 0.1) is 0 Å². The Morgan fingerprint density at radius 3 is 2.27 bits per heavy atom. The molecule has 0 aliphatic carbocycles. The van der Waals surface area contributed by atoms with Crippen LogP contribution in [0.3, 0.4) is 0 Å². The Labute approximate surface area is 89.7 Å². The van der Waals surface area contributed by atoms with Crippen molar-refractivity contribution in [2.24, 2.45) is 0 Å². The van der Waals surface area contributed by atoms with Crippen molar-refractivity contribution in [1.29, 1.82) is 0 Å². The summed E-state index contributed by atoms with van der Waals surface area (Å²) in [6, 6.07) is 0.157. The van der Waals surface area contributed by atoms with E-state index in [9.17, 15) is 4.79 Å². The molecule has 0 aromatic heterocycles. The molecule has 1 rings (SSSR count). The number of nitrogens with one attached hydrogen (secondary N) is 1. The van der Waals surface area contributed by atoms with Crippen molar-refractivity contribution in [1.82, 2.24) is 15.1 Å². The lowest BCUT2D eigenvalue weighted by atomic mass is 10.4. The SMILES string of the molecule is CC(C)NC(=O)CN1C=CN(CO)C=C1. The van der Waals surface area contributed by atoms with Gasteiger partial charge in [0.2, 0.25) is 5.91 Å². The van der Waals surface area contributed by atoms with E-state index in [-0.39, 0.29) is 18.7 Å². The average molecular weight is 211 g/mol. The predicted molar refractivity (Wildman–Crippen MR) is 57.2 cm³/mol. The van der Waals surface area contributed by atoms with E-state index in [1.165, 1.54) is 0 Å². The number of carbonyl (C=O) groups excluding carboxylic acids is 1. The van der Waals surface area contributed by atoms with Gasteiger partial charge in [0.1, 0.15) is 13.3 Å². The maximum Gasteiger partial charge on any atom is 0.240 e. The molecule has 0 atom stereocenters. The molecule has 1 heterocycles. The van der Waals surface area contributed by atoms with E-state index in [4.69, 9.17) is 5.11 Å². The first kappa shape index (κ1) is 11.6. The number of amides is 1. The number of hydrogen-bond donors (Lipinski definition) is 2. The Balaban J connectivity index is 2.35. The highest BCUT2D eigenvalue weighted by Gasteiger charge is 2.08. The van der Waals surface area contributed by atoms with Gasteiger partial charge in [-0.2, -0.15) is 0 Å². The Morgan fingerprint density at radius 2 is 1.80 bits per heavy atom. The molecule has 1 amide bonds. The van der Waals surface area contributed by atoms with Crippen LogP contribution >= 0.6 is 0 Å². The van der Waals surface area contributed by atoms with Gasteiger partial charge in [-0.3, -0.25) is 4.79 Å². The minimum absolute atomic E-state index is 0.0169. The Bertz CT molecular complexity index is 260. The summed E-state index contributed by atoms with van der Waals surface area (Å²) >= 11 is 0. The predicted octanol–water partition coefficient (Wildman–Crippen LogP) is 0.0208. The first-order valence-corrected chi connectivity index (χ1v) is 4.90. The lowest BCUT2D eigenvalue weighted by Gasteiger charge is -2.23. The van der Waals surface area contributed by atoms with Gasteiger partial charge in [-0.25, -0.2) is 0 Å². The standard InChI is InChI=1S/C10H17N3O2/c1-9(2)11-10(15)7-12-3-5-13(8-14)6-4-12/h3-6,9,14H,7-8H2,1-2H3,(H,11,15). The Kier molecular flexibility index (Phi) is 4.17. The van der Waals surface area contributed by atoms with E-state index >= 15 is 0 Å². The summed E-state index contributed by atoms with van der Waals surface area (Å²) in [7, 11) is 0. The lowest BCUT2D eigenvalue weighted by Crippen LogP contribution is -2.37. The molecule has 84 valence electrons. The molecule has 0 fully saturated rings. The molecule has 0 unspecified atom stereocenters. The first-order chi connectivity index (χ1) is 7.11. The molecule has 5 heteroatoms. The number of nitrogens with zero attached hydrogens (tertiary/aromatic N) is 2. The van der Waals surface area contributed by atoms with Crippen molar-refractivity contribution in [2.45, 2.75) is 19.9 Å². The third kappa shape index (κ3) is 4.03. The van der Waals surface area contributed by atoms with Crippen LogP contribution in [0.2, 0.25) is 0 Å². The fraction of sp³-hybridized carbons (Fsp3) is 0.500. The third-order valence-corrected chi connectivity index (χ3v) is 1.84. The molecule has 15 heavy (non-hydrogen) atoms. The molecule has 0 bridgehead atoms. The highest BCUT2D eigenvalue weighted by molar-refractivity contribution is 5.78. The summed E-state index contributed by atoms with van der Waals surface area (Å²) in [5.74, 6) is -0.0169. The van der Waals surface area contributed by atoms with Crippen LogP contribution in [0.1, 0.15) is 13.8 Å². The van der Waals surface area contributed by atoms with E-state index in [1.54, 1.807) is 34.6 Å². The second kappa shape index (κ2) is 5.41. The minimum atomic E-state index is -0.0565. The van der Waals surface area contributed by atoms with Crippen LogP contribution in [-0.2, 0) is 4.79 Å². The molecule has 0 aromatic carbocycles. The zero-order chi connectivity index (χ0) is 11.3. The van der Waals surface area contributed by atoms with E-state index in [1.807, 2.05) is 13.8 Å². The first-order valence-electron chi connectivity index (χ1n) is 4.90. The molecule has 1 aliphatic rings. The van der Waals surface area contributed by atoms with E-state index in [0.29, 0.717) is 6.54 Å². The van der Waals surface area contributed by atoms with Gasteiger partial charge in [0, 0.05) is 30.8 Å². The number of hydrogen-bond acceptors (Lipinski definition) is 4. The lowest BCUT2D eigenvalue weighted by molar-refractivity contribution is -0.121. The van der Waals surface area contributed by atoms with Gasteiger partial charge < -0.3 is 20.2 Å². The van der Waals surface area contributed by atoms with Crippen LogP contribution in [0.25, 0.3) is 0 Å². The van der Waals surface area contributed by atoms with Gasteiger partial charge in [-0.1, -0.05) is 0 Å². The largest absolute Gasteiger partial charge is 0.376 e. The highest BCUT2D eigenvalue weighted by Crippen LogP contribution is 2.02. The molecular formula is C10H17N3O2. The van der Waals surface area contributed by atoms with Crippen molar-refractivity contribution >= 4 is 5.91 Å². The van der Waals surface area contributed by atoms with Gasteiger partial charge in [0.15, 0.2) is 0 Å². The molecule has 0 saturated carbocycles. The van der Waals surface area contributed by atoms with Crippen molar-refractivity contribution in [3.8, 4) is 0 Å². The van der Waals surface area contributed by atoms with Crippen molar-refractivity contribution in [2.75, 3.05) is 13.3 Å². The van der Waals surface area contributed by atoms with Gasteiger partial charge in [-0.05, 0) is 13.8 Å². The second-order valence-corrected chi connectivity index (χ2v) is 3.65. The summed E-state index contributed by atoms with van der Waals surface area (Å²) in [5, 5.41) is 11.6. The van der Waals surface area contributed by atoms with E-state index in [0.717, 1.165) is 0 Å². The zero-order valence-electron chi connectivity index (χ0n) is 9.05. The smallest absolute Gasteiger partial charge is 0.240 e. The van der Waals surface area contributed by atoms with Gasteiger partial charge in [0.05, 0.1) is 0 Å². The summed E-state index contributed by atoms with van der Waals surface area (Å²) < 4.78 is 0. The van der Waals surface area contributed by atoms with Crippen LogP contribution in [0.5, 0.6) is 0 Å². The molecule has 2 N–H and O–H groups in total. The molecule has 0 spiro atoms. The zero-order valence-corrected chi connectivity index (χ0v) is 9.05. The quantitative estimate of drug-likeness (QED) is 0.688. The molecule has 1 aliphatic heterocycles. The number of carbonyl (C=O) groups is 1.